The fourth-order valence-corrected chi connectivity index (χ4v) is 3.55. The van der Waals surface area contributed by atoms with Crippen LogP contribution in [0.3, 0.4) is 0 Å². The molecule has 2 heterocycles. The van der Waals surface area contributed by atoms with E-state index in [1.165, 1.54) is 5.56 Å². The smallest absolute Gasteiger partial charge is 0.220 e. The van der Waals surface area contributed by atoms with E-state index in [0.29, 0.717) is 18.6 Å². The van der Waals surface area contributed by atoms with Gasteiger partial charge in [0.1, 0.15) is 5.82 Å². The van der Waals surface area contributed by atoms with E-state index in [9.17, 15) is 0 Å². The van der Waals surface area contributed by atoms with Gasteiger partial charge in [0.15, 0.2) is 0 Å². The highest BCUT2D eigenvalue weighted by Crippen LogP contribution is 2.23. The van der Waals surface area contributed by atoms with Gasteiger partial charge in [-0.2, -0.15) is 10.2 Å². The zero-order valence-corrected chi connectivity index (χ0v) is 16.4. The molecule has 5 nitrogen and oxygen atoms in total. The Kier molecular flexibility index (Phi) is 6.13. The molecule has 1 aliphatic heterocycles. The zero-order valence-electron chi connectivity index (χ0n) is 16.4. The molecule has 0 unspecified atom stereocenters. The van der Waals surface area contributed by atoms with Gasteiger partial charge in [-0.15, -0.1) is 0 Å². The number of fused-ring (bicyclic) bond motifs is 1. The van der Waals surface area contributed by atoms with Gasteiger partial charge in [-0.05, 0) is 36.2 Å². The van der Waals surface area contributed by atoms with Crippen LogP contribution in [0.4, 0.5) is 0 Å². The van der Waals surface area contributed by atoms with E-state index in [2.05, 4.69) is 23.5 Å². The molecular formula is C24H24N4O. The van der Waals surface area contributed by atoms with Crippen LogP contribution in [0.5, 0.6) is 5.88 Å². The molecule has 1 aliphatic rings. The Hall–Kier alpha value is -3.23. The van der Waals surface area contributed by atoms with Gasteiger partial charge in [0, 0.05) is 31.4 Å². The topological polar surface area (TPSA) is 70.8 Å². The second-order valence-electron chi connectivity index (χ2n) is 7.19. The van der Waals surface area contributed by atoms with E-state index in [1.807, 2.05) is 42.5 Å². The van der Waals surface area contributed by atoms with Crippen molar-refractivity contribution in [3.8, 4) is 11.9 Å². The third kappa shape index (κ3) is 4.98. The second kappa shape index (κ2) is 9.31. The minimum Gasteiger partial charge on any atom is -0.477 e. The predicted molar refractivity (Wildman–Crippen MR) is 112 cm³/mol. The molecule has 1 aromatic heterocycles. The zero-order chi connectivity index (χ0) is 19.9. The average Bonchev–Trinajstić information content (AvgIpc) is 3.01. The van der Waals surface area contributed by atoms with E-state index < -0.39 is 0 Å². The molecule has 1 N–H and O–H groups in total. The van der Waals surface area contributed by atoms with Crippen LogP contribution in [0.1, 0.15) is 33.8 Å². The third-order valence-electron chi connectivity index (χ3n) is 5.11. The maximum absolute atomic E-state index is 8.93. The van der Waals surface area contributed by atoms with Crippen LogP contribution in [0.15, 0.2) is 54.6 Å². The second-order valence-corrected chi connectivity index (χ2v) is 7.19. The average molecular weight is 384 g/mol. The molecule has 0 radical (unpaired) electrons. The summed E-state index contributed by atoms with van der Waals surface area (Å²) in [7, 11) is 0. The van der Waals surface area contributed by atoms with Crippen molar-refractivity contribution in [2.45, 2.75) is 25.7 Å². The lowest BCUT2D eigenvalue weighted by atomic mass is 10.1. The number of hydrogen-bond acceptors (Lipinski definition) is 5. The van der Waals surface area contributed by atoms with Crippen LogP contribution >= 0.6 is 0 Å². The molecule has 0 saturated carbocycles. The highest BCUT2D eigenvalue weighted by Gasteiger charge is 2.18. The Labute approximate surface area is 171 Å². The predicted octanol–water partition coefficient (Wildman–Crippen LogP) is 3.25. The summed E-state index contributed by atoms with van der Waals surface area (Å²) in [6.45, 7) is 2.40. The molecule has 146 valence electrons. The van der Waals surface area contributed by atoms with E-state index in [1.54, 1.807) is 0 Å². The van der Waals surface area contributed by atoms with Gasteiger partial charge in [0.25, 0.3) is 0 Å². The van der Waals surface area contributed by atoms with Gasteiger partial charge in [0.05, 0.1) is 23.9 Å². The van der Waals surface area contributed by atoms with E-state index in [-0.39, 0.29) is 0 Å². The first-order valence-electron chi connectivity index (χ1n) is 10.1. The Morgan fingerprint density at radius 1 is 0.931 bits per heavy atom. The molecule has 29 heavy (non-hydrogen) atoms. The largest absolute Gasteiger partial charge is 0.477 e. The SMILES string of the molecule is N#Cc1ccc(CCOc2nc(Cc3ccccc3)nc3c2CCNCC3)cc1. The summed E-state index contributed by atoms with van der Waals surface area (Å²) >= 11 is 0. The van der Waals surface area contributed by atoms with Gasteiger partial charge >= 0.3 is 0 Å². The molecule has 5 heteroatoms. The number of benzene rings is 2. The molecule has 4 rings (SSSR count). The summed E-state index contributed by atoms with van der Waals surface area (Å²) in [5.74, 6) is 1.53. The fourth-order valence-electron chi connectivity index (χ4n) is 3.55. The van der Waals surface area contributed by atoms with E-state index in [4.69, 9.17) is 20.0 Å². The quantitative estimate of drug-likeness (QED) is 0.706. The van der Waals surface area contributed by atoms with Crippen molar-refractivity contribution in [1.82, 2.24) is 15.3 Å². The molecule has 0 saturated heterocycles. The number of ether oxygens (including phenoxy) is 1. The number of hydrogen-bond donors (Lipinski definition) is 1. The molecular weight excluding hydrogens is 360 g/mol. The van der Waals surface area contributed by atoms with Crippen molar-refractivity contribution < 1.29 is 4.74 Å². The lowest BCUT2D eigenvalue weighted by Crippen LogP contribution is -2.16. The van der Waals surface area contributed by atoms with Crippen LogP contribution in [0.2, 0.25) is 0 Å². The van der Waals surface area contributed by atoms with Gasteiger partial charge in [-0.3, -0.25) is 0 Å². The van der Waals surface area contributed by atoms with Crippen LogP contribution < -0.4 is 10.1 Å². The molecule has 0 spiro atoms. The first kappa shape index (κ1) is 19.1. The van der Waals surface area contributed by atoms with Crippen LogP contribution in [-0.2, 0) is 25.7 Å². The first-order valence-corrected chi connectivity index (χ1v) is 10.1. The normalized spacial score (nSPS) is 13.2. The number of nitrogens with zero attached hydrogens (tertiary/aromatic N) is 3. The molecule has 2 aromatic carbocycles. The van der Waals surface area contributed by atoms with Gasteiger partial charge in [-0.1, -0.05) is 42.5 Å². The Morgan fingerprint density at radius 2 is 1.72 bits per heavy atom. The van der Waals surface area contributed by atoms with Gasteiger partial charge in [-0.25, -0.2) is 4.98 Å². The third-order valence-corrected chi connectivity index (χ3v) is 5.11. The minimum absolute atomic E-state index is 0.549. The summed E-state index contributed by atoms with van der Waals surface area (Å²) in [6, 6.07) is 20.1. The summed E-state index contributed by atoms with van der Waals surface area (Å²) < 4.78 is 6.15. The fraction of sp³-hybridized carbons (Fsp3) is 0.292. The number of rotatable bonds is 6. The number of nitrogens with one attached hydrogen (secondary N) is 1. The highest BCUT2D eigenvalue weighted by molar-refractivity contribution is 5.34. The van der Waals surface area contributed by atoms with Crippen molar-refractivity contribution in [3.63, 3.8) is 0 Å². The lowest BCUT2D eigenvalue weighted by molar-refractivity contribution is 0.303. The van der Waals surface area contributed by atoms with Crippen LogP contribution in [0, 0.1) is 11.3 Å². The van der Waals surface area contributed by atoms with Crippen LogP contribution in [-0.4, -0.2) is 29.7 Å². The van der Waals surface area contributed by atoms with Crippen molar-refractivity contribution in [1.29, 1.82) is 5.26 Å². The maximum Gasteiger partial charge on any atom is 0.220 e. The number of aromatic nitrogens is 2. The van der Waals surface area contributed by atoms with Crippen molar-refractivity contribution in [2.75, 3.05) is 19.7 Å². The van der Waals surface area contributed by atoms with E-state index in [0.717, 1.165) is 60.9 Å². The Balaban J connectivity index is 1.52. The maximum atomic E-state index is 8.93. The summed E-state index contributed by atoms with van der Waals surface area (Å²) in [5, 5.41) is 12.4. The molecule has 0 amide bonds. The summed E-state index contributed by atoms with van der Waals surface area (Å²) in [4.78, 5) is 9.63. The summed E-state index contributed by atoms with van der Waals surface area (Å²) in [6.07, 6.45) is 3.25. The molecule has 0 bridgehead atoms. The Morgan fingerprint density at radius 3 is 2.52 bits per heavy atom. The molecule has 0 aliphatic carbocycles. The highest BCUT2D eigenvalue weighted by atomic mass is 16.5. The molecule has 3 aromatic rings. The molecule has 0 fully saturated rings. The number of nitriles is 1. The van der Waals surface area contributed by atoms with Crippen molar-refractivity contribution in [3.05, 3.63) is 88.4 Å². The van der Waals surface area contributed by atoms with Crippen molar-refractivity contribution in [2.24, 2.45) is 0 Å². The first-order chi connectivity index (χ1) is 14.3. The van der Waals surface area contributed by atoms with Gasteiger partial charge in [0.2, 0.25) is 5.88 Å². The van der Waals surface area contributed by atoms with Crippen LogP contribution in [0.25, 0.3) is 0 Å². The monoisotopic (exact) mass is 384 g/mol. The minimum atomic E-state index is 0.549. The standard InChI is InChI=1S/C24H24N4O/c25-17-20-8-6-18(7-9-20)12-15-29-24-21-10-13-26-14-11-22(21)27-23(28-24)16-19-4-2-1-3-5-19/h1-9,26H,10-16H2. The van der Waals surface area contributed by atoms with E-state index >= 15 is 0 Å². The summed E-state index contributed by atoms with van der Waals surface area (Å²) in [5.41, 5.74) is 5.25. The van der Waals surface area contributed by atoms with Crippen molar-refractivity contribution >= 4 is 0 Å². The van der Waals surface area contributed by atoms with Gasteiger partial charge < -0.3 is 10.1 Å². The Bertz CT molecular complexity index is 994. The molecule has 0 atom stereocenters. The lowest BCUT2D eigenvalue weighted by Gasteiger charge is -2.14.